The Morgan fingerprint density at radius 1 is 0.628 bits per heavy atom. The fraction of sp³-hybridized carbons (Fsp3) is 0.128. The van der Waals surface area contributed by atoms with Gasteiger partial charge in [-0.05, 0) is 100 Å². The van der Waals surface area contributed by atoms with Crippen molar-refractivity contribution in [3.8, 4) is 50.6 Å². The van der Waals surface area contributed by atoms with E-state index in [1.807, 2.05) is 36.5 Å². The zero-order valence-electron chi connectivity index (χ0n) is 24.7. The van der Waals surface area contributed by atoms with Gasteiger partial charge < -0.3 is 9.52 Å². The standard InChI is InChI=1S/C39H32N2O2/c1-24-17-18-40-36-32(24)22-29(39(2,3)4)23-33(36)28-20-26(25-11-6-5-7-12-25)19-27(21-28)30-14-10-16-35-37(30)41-38(43-35)31-13-8-9-15-34(31)42/h5-23,42H,1-4H3. The maximum atomic E-state index is 10.5. The Morgan fingerprint density at radius 2 is 1.33 bits per heavy atom. The van der Waals surface area contributed by atoms with E-state index in [9.17, 15) is 5.11 Å². The molecule has 0 aliphatic heterocycles. The van der Waals surface area contributed by atoms with Crippen molar-refractivity contribution in [3.63, 3.8) is 0 Å². The molecule has 0 aliphatic rings. The Morgan fingerprint density at radius 3 is 2.09 bits per heavy atom. The van der Waals surface area contributed by atoms with Crippen molar-refractivity contribution in [2.45, 2.75) is 33.1 Å². The number of oxazole rings is 1. The molecule has 0 saturated carbocycles. The third-order valence-corrected chi connectivity index (χ3v) is 8.14. The van der Waals surface area contributed by atoms with Gasteiger partial charge in [0.1, 0.15) is 11.3 Å². The third-order valence-electron chi connectivity index (χ3n) is 8.14. The summed E-state index contributed by atoms with van der Waals surface area (Å²) in [6.07, 6.45) is 1.90. The molecule has 43 heavy (non-hydrogen) atoms. The molecule has 4 nitrogen and oxygen atoms in total. The predicted octanol–water partition coefficient (Wildman–Crippen LogP) is 10.4. The van der Waals surface area contributed by atoms with Gasteiger partial charge in [-0.25, -0.2) is 4.98 Å². The minimum absolute atomic E-state index is 0.0310. The Hall–Kier alpha value is -5.22. The summed E-state index contributed by atoms with van der Waals surface area (Å²) < 4.78 is 6.17. The van der Waals surface area contributed by atoms with Crippen LogP contribution in [0.3, 0.4) is 0 Å². The van der Waals surface area contributed by atoms with E-state index in [1.165, 1.54) is 16.5 Å². The molecule has 0 saturated heterocycles. The first-order valence-electron chi connectivity index (χ1n) is 14.6. The number of benzene rings is 5. The van der Waals surface area contributed by atoms with Crippen LogP contribution in [0.4, 0.5) is 0 Å². The molecule has 1 N–H and O–H groups in total. The number of aromatic hydroxyl groups is 1. The normalized spacial score (nSPS) is 11.8. The lowest BCUT2D eigenvalue weighted by Gasteiger charge is -2.22. The van der Waals surface area contributed by atoms with Crippen LogP contribution in [0.5, 0.6) is 5.75 Å². The number of hydrogen-bond donors (Lipinski definition) is 1. The van der Waals surface area contributed by atoms with Crippen LogP contribution in [0.1, 0.15) is 31.9 Å². The Balaban J connectivity index is 1.51. The number of fused-ring (bicyclic) bond motifs is 2. The summed E-state index contributed by atoms with van der Waals surface area (Å²) in [4.78, 5) is 9.78. The number of hydrogen-bond acceptors (Lipinski definition) is 4. The summed E-state index contributed by atoms with van der Waals surface area (Å²) in [6, 6.07) is 37.0. The van der Waals surface area contributed by atoms with Gasteiger partial charge in [0.2, 0.25) is 5.89 Å². The van der Waals surface area contributed by atoms with E-state index in [-0.39, 0.29) is 11.2 Å². The Bertz CT molecular complexity index is 2140. The van der Waals surface area contributed by atoms with Crippen LogP contribution < -0.4 is 0 Å². The molecule has 0 atom stereocenters. The number of pyridine rings is 1. The molecule has 0 amide bonds. The van der Waals surface area contributed by atoms with E-state index in [0.29, 0.717) is 17.0 Å². The molecule has 7 aromatic rings. The highest BCUT2D eigenvalue weighted by Gasteiger charge is 2.20. The molecule has 210 valence electrons. The molecular formula is C39H32N2O2. The summed E-state index contributed by atoms with van der Waals surface area (Å²) in [6.45, 7) is 8.91. The second-order valence-electron chi connectivity index (χ2n) is 12.2. The number of aromatic nitrogens is 2. The van der Waals surface area contributed by atoms with Gasteiger partial charge in [0.05, 0.1) is 11.1 Å². The number of phenolic OH excluding ortho intramolecular Hbond substituents is 1. The molecule has 0 bridgehead atoms. The third kappa shape index (κ3) is 4.85. The summed E-state index contributed by atoms with van der Waals surface area (Å²) >= 11 is 0. The van der Waals surface area contributed by atoms with Gasteiger partial charge in [-0.1, -0.05) is 75.4 Å². The minimum atomic E-state index is -0.0310. The molecule has 2 aromatic heterocycles. The molecule has 0 radical (unpaired) electrons. The zero-order valence-corrected chi connectivity index (χ0v) is 24.7. The van der Waals surface area contributed by atoms with Crippen LogP contribution in [0.15, 0.2) is 120 Å². The largest absolute Gasteiger partial charge is 0.507 e. The quantitative estimate of drug-likeness (QED) is 0.233. The van der Waals surface area contributed by atoms with Crippen molar-refractivity contribution in [3.05, 3.63) is 127 Å². The van der Waals surface area contributed by atoms with Gasteiger partial charge in [0.15, 0.2) is 5.58 Å². The fourth-order valence-corrected chi connectivity index (χ4v) is 5.73. The van der Waals surface area contributed by atoms with E-state index < -0.39 is 0 Å². The van der Waals surface area contributed by atoms with E-state index in [0.717, 1.165) is 44.4 Å². The highest BCUT2D eigenvalue weighted by atomic mass is 16.3. The van der Waals surface area contributed by atoms with Crippen LogP contribution in [-0.4, -0.2) is 15.1 Å². The molecule has 2 heterocycles. The maximum absolute atomic E-state index is 10.5. The van der Waals surface area contributed by atoms with Crippen LogP contribution in [0.25, 0.3) is 66.8 Å². The van der Waals surface area contributed by atoms with E-state index in [1.54, 1.807) is 12.1 Å². The number of aryl methyl sites for hydroxylation is 1. The maximum Gasteiger partial charge on any atom is 0.231 e. The Labute approximate surface area is 251 Å². The average Bonchev–Trinajstić information content (AvgIpc) is 3.45. The van der Waals surface area contributed by atoms with Gasteiger partial charge in [0, 0.05) is 22.7 Å². The molecule has 0 unspecified atom stereocenters. The summed E-state index contributed by atoms with van der Waals surface area (Å²) in [5.41, 5.74) is 11.8. The van der Waals surface area contributed by atoms with Gasteiger partial charge >= 0.3 is 0 Å². The molecule has 0 spiro atoms. The molecular weight excluding hydrogens is 528 g/mol. The highest BCUT2D eigenvalue weighted by molar-refractivity contribution is 5.99. The predicted molar refractivity (Wildman–Crippen MR) is 176 cm³/mol. The second kappa shape index (κ2) is 10.2. The lowest BCUT2D eigenvalue weighted by molar-refractivity contribution is 0.474. The first kappa shape index (κ1) is 26.7. The lowest BCUT2D eigenvalue weighted by Crippen LogP contribution is -2.11. The van der Waals surface area contributed by atoms with Crippen LogP contribution in [0, 0.1) is 6.92 Å². The molecule has 0 aliphatic carbocycles. The summed E-state index contributed by atoms with van der Waals surface area (Å²) in [7, 11) is 0. The van der Waals surface area contributed by atoms with E-state index in [2.05, 4.69) is 94.4 Å². The fourth-order valence-electron chi connectivity index (χ4n) is 5.73. The van der Waals surface area contributed by atoms with Crippen LogP contribution >= 0.6 is 0 Å². The number of nitrogens with zero attached hydrogens (tertiary/aromatic N) is 2. The molecule has 7 rings (SSSR count). The van der Waals surface area contributed by atoms with Crippen molar-refractivity contribution in [1.82, 2.24) is 9.97 Å². The zero-order chi connectivity index (χ0) is 29.7. The van der Waals surface area contributed by atoms with E-state index >= 15 is 0 Å². The number of para-hydroxylation sites is 2. The first-order chi connectivity index (χ1) is 20.8. The average molecular weight is 561 g/mol. The second-order valence-corrected chi connectivity index (χ2v) is 12.2. The number of rotatable bonds is 4. The topological polar surface area (TPSA) is 59.2 Å². The molecule has 0 fully saturated rings. The minimum Gasteiger partial charge on any atom is -0.507 e. The summed E-state index contributed by atoms with van der Waals surface area (Å²) in [5.74, 6) is 0.529. The monoisotopic (exact) mass is 560 g/mol. The van der Waals surface area contributed by atoms with Gasteiger partial charge in [-0.15, -0.1) is 0 Å². The van der Waals surface area contributed by atoms with Crippen molar-refractivity contribution >= 4 is 22.0 Å². The van der Waals surface area contributed by atoms with Crippen molar-refractivity contribution in [2.75, 3.05) is 0 Å². The summed E-state index contributed by atoms with van der Waals surface area (Å²) in [5, 5.41) is 11.6. The SMILES string of the molecule is Cc1ccnc2c(-c3cc(-c4ccccc4)cc(-c4cccc5oc(-c6ccccc6O)nc45)c3)cc(C(C)(C)C)cc12. The highest BCUT2D eigenvalue weighted by Crippen LogP contribution is 2.41. The molecule has 5 aromatic carbocycles. The van der Waals surface area contributed by atoms with Gasteiger partial charge in [-0.2, -0.15) is 0 Å². The lowest BCUT2D eigenvalue weighted by atomic mass is 9.83. The molecule has 4 heteroatoms. The van der Waals surface area contributed by atoms with Crippen molar-refractivity contribution in [2.24, 2.45) is 0 Å². The number of phenols is 1. The van der Waals surface area contributed by atoms with Crippen molar-refractivity contribution in [1.29, 1.82) is 0 Å². The van der Waals surface area contributed by atoms with Crippen molar-refractivity contribution < 1.29 is 9.52 Å². The Kier molecular flexibility index (Phi) is 6.36. The van der Waals surface area contributed by atoms with Crippen LogP contribution in [0.2, 0.25) is 0 Å². The first-order valence-corrected chi connectivity index (χ1v) is 14.6. The van der Waals surface area contributed by atoms with Gasteiger partial charge in [0.25, 0.3) is 0 Å². The van der Waals surface area contributed by atoms with Crippen LogP contribution in [-0.2, 0) is 5.41 Å². The smallest absolute Gasteiger partial charge is 0.231 e. The van der Waals surface area contributed by atoms with E-state index in [4.69, 9.17) is 14.4 Å². The van der Waals surface area contributed by atoms with Gasteiger partial charge in [-0.3, -0.25) is 4.98 Å².